The number of nitrogens with zero attached hydrogens (tertiary/aromatic N) is 2. The van der Waals surface area contributed by atoms with Crippen LogP contribution in [-0.4, -0.2) is 16.9 Å². The van der Waals surface area contributed by atoms with Gasteiger partial charge in [0, 0.05) is 0 Å². The number of ether oxygens (including phenoxy) is 1. The van der Waals surface area contributed by atoms with Gasteiger partial charge in [0.15, 0.2) is 16.1 Å². The third kappa shape index (κ3) is 2.18. The molecule has 3 aromatic rings. The van der Waals surface area contributed by atoms with E-state index in [0.29, 0.717) is 21.8 Å². The molecule has 0 aliphatic carbocycles. The number of hydrogen-bond acceptors (Lipinski definition) is 4. The van der Waals surface area contributed by atoms with Crippen molar-refractivity contribution in [3.05, 3.63) is 47.3 Å². The summed E-state index contributed by atoms with van der Waals surface area (Å²) < 4.78 is 13.1. The molecule has 1 aromatic carbocycles. The first-order valence-corrected chi connectivity index (χ1v) is 6.72. The number of aromatic nitrogens is 2. The van der Waals surface area contributed by atoms with E-state index in [4.69, 9.17) is 14.9 Å². The molecule has 0 saturated carbocycles. The molecule has 5 nitrogen and oxygen atoms in total. The molecule has 102 valence electrons. The first-order valence-electron chi connectivity index (χ1n) is 5.93. The molecule has 0 bridgehead atoms. The molecule has 0 atom stereocenters. The van der Waals surface area contributed by atoms with Gasteiger partial charge in [0.25, 0.3) is 0 Å². The van der Waals surface area contributed by atoms with Crippen molar-refractivity contribution in [2.24, 2.45) is 0 Å². The van der Waals surface area contributed by atoms with Crippen LogP contribution in [0.5, 0.6) is 5.75 Å². The minimum atomic E-state index is 0.540. The maximum Gasteiger partial charge on any atom is 0.169 e. The van der Waals surface area contributed by atoms with E-state index in [-0.39, 0.29) is 0 Å². The van der Waals surface area contributed by atoms with Crippen LogP contribution in [0, 0.1) is 0 Å². The Morgan fingerprint density at radius 3 is 2.75 bits per heavy atom. The van der Waals surface area contributed by atoms with Crippen LogP contribution in [0.4, 0.5) is 5.69 Å². The Labute approximate surface area is 124 Å². The van der Waals surface area contributed by atoms with Crippen LogP contribution >= 0.6 is 15.9 Å². The highest BCUT2D eigenvalue weighted by Gasteiger charge is 2.14. The minimum Gasteiger partial charge on any atom is -0.494 e. The molecular weight excluding hydrogens is 322 g/mol. The predicted molar refractivity (Wildman–Crippen MR) is 79.9 cm³/mol. The number of anilines is 1. The van der Waals surface area contributed by atoms with Crippen molar-refractivity contribution in [1.82, 2.24) is 9.78 Å². The molecular formula is C14H12BrN3O2. The number of furan rings is 1. The summed E-state index contributed by atoms with van der Waals surface area (Å²) in [7, 11) is 1.62. The van der Waals surface area contributed by atoms with E-state index in [1.54, 1.807) is 24.1 Å². The van der Waals surface area contributed by atoms with Gasteiger partial charge in [-0.3, -0.25) is 0 Å². The second-order valence-corrected chi connectivity index (χ2v) is 4.93. The Balaban J connectivity index is 2.09. The number of hydrogen-bond donors (Lipinski definition) is 1. The number of nitrogen functional groups attached to an aromatic ring is 1. The topological polar surface area (TPSA) is 66.2 Å². The Morgan fingerprint density at radius 2 is 2.05 bits per heavy atom. The Kier molecular flexibility index (Phi) is 3.23. The number of nitrogens with two attached hydrogens (primary N) is 1. The van der Waals surface area contributed by atoms with Gasteiger partial charge in [0.1, 0.15) is 11.4 Å². The van der Waals surface area contributed by atoms with Crippen LogP contribution in [0.25, 0.3) is 17.1 Å². The average molecular weight is 334 g/mol. The van der Waals surface area contributed by atoms with Crippen molar-refractivity contribution >= 4 is 21.6 Å². The van der Waals surface area contributed by atoms with E-state index in [0.717, 1.165) is 11.4 Å². The standard InChI is InChI=1S/C14H12BrN3O2/c1-19-11-5-3-2-4-10(11)18-8-9(16)14(17-18)12-6-7-13(15)20-12/h2-8H,16H2,1H3. The second-order valence-electron chi connectivity index (χ2n) is 4.15. The molecule has 0 aliphatic rings. The summed E-state index contributed by atoms with van der Waals surface area (Å²) in [5.41, 5.74) is 7.97. The van der Waals surface area contributed by atoms with Crippen LogP contribution in [0.15, 0.2) is 51.7 Å². The Bertz CT molecular complexity index is 748. The van der Waals surface area contributed by atoms with E-state index < -0.39 is 0 Å². The van der Waals surface area contributed by atoms with Gasteiger partial charge in [-0.05, 0) is 40.2 Å². The van der Waals surface area contributed by atoms with Crippen LogP contribution in [0.1, 0.15) is 0 Å². The van der Waals surface area contributed by atoms with Crippen LogP contribution in [0.2, 0.25) is 0 Å². The van der Waals surface area contributed by atoms with Crippen molar-refractivity contribution in [2.75, 3.05) is 12.8 Å². The van der Waals surface area contributed by atoms with Gasteiger partial charge in [-0.25, -0.2) is 4.68 Å². The van der Waals surface area contributed by atoms with E-state index in [9.17, 15) is 0 Å². The molecule has 2 heterocycles. The third-order valence-electron chi connectivity index (χ3n) is 2.88. The molecule has 0 aliphatic heterocycles. The lowest BCUT2D eigenvalue weighted by Crippen LogP contribution is -1.98. The molecule has 0 unspecified atom stereocenters. The third-order valence-corrected chi connectivity index (χ3v) is 3.31. The fourth-order valence-electron chi connectivity index (χ4n) is 1.96. The molecule has 0 fully saturated rings. The van der Waals surface area contributed by atoms with Gasteiger partial charge in [-0.15, -0.1) is 0 Å². The van der Waals surface area contributed by atoms with Crippen LogP contribution < -0.4 is 10.5 Å². The van der Waals surface area contributed by atoms with Gasteiger partial charge in [-0.2, -0.15) is 5.10 Å². The molecule has 6 heteroatoms. The van der Waals surface area contributed by atoms with Gasteiger partial charge in [0.05, 0.1) is 19.0 Å². The van der Waals surface area contributed by atoms with Crippen LogP contribution in [0.3, 0.4) is 0 Å². The lowest BCUT2D eigenvalue weighted by molar-refractivity contribution is 0.411. The van der Waals surface area contributed by atoms with E-state index in [1.807, 2.05) is 30.3 Å². The van der Waals surface area contributed by atoms with E-state index >= 15 is 0 Å². The Hall–Kier alpha value is -2.21. The summed E-state index contributed by atoms with van der Waals surface area (Å²) in [6, 6.07) is 11.2. The molecule has 2 aromatic heterocycles. The number of para-hydroxylation sites is 2. The van der Waals surface area contributed by atoms with Gasteiger partial charge >= 0.3 is 0 Å². The van der Waals surface area contributed by atoms with Gasteiger partial charge in [-0.1, -0.05) is 12.1 Å². The number of benzene rings is 1. The summed E-state index contributed by atoms with van der Waals surface area (Å²) in [6.45, 7) is 0. The fourth-order valence-corrected chi connectivity index (χ4v) is 2.27. The first-order chi connectivity index (χ1) is 9.69. The molecule has 0 amide bonds. The lowest BCUT2D eigenvalue weighted by Gasteiger charge is -2.07. The summed E-state index contributed by atoms with van der Waals surface area (Å²) in [6.07, 6.45) is 1.74. The lowest BCUT2D eigenvalue weighted by atomic mass is 10.3. The number of methoxy groups -OCH3 is 1. The van der Waals surface area contributed by atoms with Crippen molar-refractivity contribution in [3.63, 3.8) is 0 Å². The molecule has 2 N–H and O–H groups in total. The Morgan fingerprint density at radius 1 is 1.25 bits per heavy atom. The number of halogens is 1. The van der Waals surface area contributed by atoms with Gasteiger partial charge in [0.2, 0.25) is 0 Å². The smallest absolute Gasteiger partial charge is 0.169 e. The molecule has 0 spiro atoms. The maximum atomic E-state index is 6.01. The summed E-state index contributed by atoms with van der Waals surface area (Å²) in [5, 5.41) is 4.47. The highest BCUT2D eigenvalue weighted by atomic mass is 79.9. The zero-order valence-electron chi connectivity index (χ0n) is 10.7. The van der Waals surface area contributed by atoms with Crippen molar-refractivity contribution in [2.45, 2.75) is 0 Å². The van der Waals surface area contributed by atoms with E-state index in [2.05, 4.69) is 21.0 Å². The van der Waals surface area contributed by atoms with E-state index in [1.165, 1.54) is 0 Å². The molecule has 3 rings (SSSR count). The SMILES string of the molecule is COc1ccccc1-n1cc(N)c(-c2ccc(Br)o2)n1. The number of rotatable bonds is 3. The maximum absolute atomic E-state index is 6.01. The summed E-state index contributed by atoms with van der Waals surface area (Å²) in [5.74, 6) is 1.34. The zero-order chi connectivity index (χ0) is 14.1. The van der Waals surface area contributed by atoms with Crippen LogP contribution in [-0.2, 0) is 0 Å². The van der Waals surface area contributed by atoms with Crippen molar-refractivity contribution in [1.29, 1.82) is 0 Å². The molecule has 0 radical (unpaired) electrons. The fraction of sp³-hybridized carbons (Fsp3) is 0.0714. The van der Waals surface area contributed by atoms with Crippen molar-refractivity contribution < 1.29 is 9.15 Å². The largest absolute Gasteiger partial charge is 0.494 e. The minimum absolute atomic E-state index is 0.540. The highest BCUT2D eigenvalue weighted by Crippen LogP contribution is 2.30. The monoisotopic (exact) mass is 333 g/mol. The summed E-state index contributed by atoms with van der Waals surface area (Å²) in [4.78, 5) is 0. The molecule has 0 saturated heterocycles. The van der Waals surface area contributed by atoms with Gasteiger partial charge < -0.3 is 14.9 Å². The average Bonchev–Trinajstić information content (AvgIpc) is 3.04. The normalized spacial score (nSPS) is 10.7. The molecule has 20 heavy (non-hydrogen) atoms. The zero-order valence-corrected chi connectivity index (χ0v) is 12.3. The highest BCUT2D eigenvalue weighted by molar-refractivity contribution is 9.10. The first kappa shape index (κ1) is 12.8. The quantitative estimate of drug-likeness (QED) is 0.796. The second kappa shape index (κ2) is 5.05. The summed E-state index contributed by atoms with van der Waals surface area (Å²) >= 11 is 3.27. The van der Waals surface area contributed by atoms with Crippen molar-refractivity contribution in [3.8, 4) is 22.9 Å². The predicted octanol–water partition coefficient (Wildman–Crippen LogP) is 3.49.